The van der Waals surface area contributed by atoms with Crippen LogP contribution in [-0.2, 0) is 23.1 Å². The van der Waals surface area contributed by atoms with Gasteiger partial charge in [0.15, 0.2) is 0 Å². The molecule has 126 valence electrons. The lowest BCUT2D eigenvalue weighted by atomic mass is 9.77. The van der Waals surface area contributed by atoms with E-state index in [0.29, 0.717) is 18.3 Å². The molecule has 2 aromatic rings. The second-order valence-corrected chi connectivity index (χ2v) is 6.91. The summed E-state index contributed by atoms with van der Waals surface area (Å²) in [5.41, 5.74) is 8.74. The van der Waals surface area contributed by atoms with Gasteiger partial charge in [0.1, 0.15) is 5.76 Å². The van der Waals surface area contributed by atoms with Crippen LogP contribution >= 0.6 is 0 Å². The van der Waals surface area contributed by atoms with E-state index in [2.05, 4.69) is 15.1 Å². The Balaban J connectivity index is 1.54. The first kappa shape index (κ1) is 15.1. The molecule has 4 rings (SSSR count). The van der Waals surface area contributed by atoms with Crippen LogP contribution < -0.4 is 5.73 Å². The highest BCUT2D eigenvalue weighted by Gasteiger charge is 2.44. The number of hydrogen-bond acceptors (Lipinski definition) is 6. The van der Waals surface area contributed by atoms with Gasteiger partial charge in [0.05, 0.1) is 17.8 Å². The zero-order valence-electron chi connectivity index (χ0n) is 13.8. The third-order valence-corrected chi connectivity index (χ3v) is 5.19. The van der Waals surface area contributed by atoms with Gasteiger partial charge in [-0.1, -0.05) is 5.16 Å². The second kappa shape index (κ2) is 5.58. The van der Waals surface area contributed by atoms with Crippen LogP contribution in [0.5, 0.6) is 0 Å². The average molecular weight is 327 g/mol. The highest BCUT2D eigenvalue weighted by molar-refractivity contribution is 5.78. The molecule has 7 nitrogen and oxygen atoms in total. The van der Waals surface area contributed by atoms with Crippen molar-refractivity contribution in [2.24, 2.45) is 0 Å². The molecule has 1 fully saturated rings. The van der Waals surface area contributed by atoms with E-state index in [1.165, 1.54) is 5.56 Å². The van der Waals surface area contributed by atoms with Gasteiger partial charge >= 0.3 is 0 Å². The van der Waals surface area contributed by atoms with Crippen molar-refractivity contribution in [3.63, 3.8) is 0 Å². The number of fused-ring (bicyclic) bond motifs is 2. The van der Waals surface area contributed by atoms with Crippen molar-refractivity contribution in [2.45, 2.75) is 44.4 Å². The first-order valence-corrected chi connectivity index (χ1v) is 8.38. The minimum Gasteiger partial charge on any atom is -0.368 e. The Morgan fingerprint density at radius 3 is 3.12 bits per heavy atom. The molecule has 3 heterocycles. The lowest BCUT2D eigenvalue weighted by Gasteiger charge is -2.40. The topological polar surface area (TPSA) is 98.1 Å². The summed E-state index contributed by atoms with van der Waals surface area (Å²) in [5, 5.41) is 3.85. The van der Waals surface area contributed by atoms with Crippen molar-refractivity contribution in [3.05, 3.63) is 35.0 Å². The smallest absolute Gasteiger partial charge is 0.230 e. The van der Waals surface area contributed by atoms with Gasteiger partial charge in [-0.15, -0.1) is 0 Å². The van der Waals surface area contributed by atoms with Crippen molar-refractivity contribution >= 4 is 11.9 Å². The van der Waals surface area contributed by atoms with Crippen molar-refractivity contribution in [2.75, 3.05) is 18.8 Å². The quantitative estimate of drug-likeness (QED) is 0.895. The Kier molecular flexibility index (Phi) is 3.51. The van der Waals surface area contributed by atoms with Crippen LogP contribution in [0.15, 0.2) is 16.8 Å². The summed E-state index contributed by atoms with van der Waals surface area (Å²) in [6.07, 6.45) is 6.08. The van der Waals surface area contributed by atoms with Crippen molar-refractivity contribution < 1.29 is 9.32 Å². The summed E-state index contributed by atoms with van der Waals surface area (Å²) in [4.78, 5) is 23.2. The molecule has 0 bridgehead atoms. The maximum Gasteiger partial charge on any atom is 0.230 e. The molecule has 0 radical (unpaired) electrons. The van der Waals surface area contributed by atoms with Gasteiger partial charge in [0.25, 0.3) is 0 Å². The molecule has 1 spiro atoms. The van der Waals surface area contributed by atoms with Crippen LogP contribution in [0.3, 0.4) is 0 Å². The summed E-state index contributed by atoms with van der Waals surface area (Å²) in [5.74, 6) is 1.02. The minimum atomic E-state index is -0.0718. The number of aromatic nitrogens is 3. The van der Waals surface area contributed by atoms with Gasteiger partial charge in [-0.05, 0) is 38.2 Å². The van der Waals surface area contributed by atoms with Crippen molar-refractivity contribution in [1.82, 2.24) is 20.0 Å². The number of nitrogen functional groups attached to an aromatic ring is 1. The van der Waals surface area contributed by atoms with Crippen LogP contribution in [0.25, 0.3) is 0 Å². The third-order valence-electron chi connectivity index (χ3n) is 5.19. The molecule has 2 aliphatic rings. The number of nitrogens with zero attached hydrogens (tertiary/aromatic N) is 4. The van der Waals surface area contributed by atoms with Crippen LogP contribution in [0, 0.1) is 6.92 Å². The van der Waals surface area contributed by atoms with E-state index in [1.807, 2.05) is 24.1 Å². The Morgan fingerprint density at radius 1 is 1.46 bits per heavy atom. The van der Waals surface area contributed by atoms with E-state index in [9.17, 15) is 4.79 Å². The molecule has 1 amide bonds. The molecule has 1 unspecified atom stereocenters. The highest BCUT2D eigenvalue weighted by Crippen LogP contribution is 2.44. The number of carbonyl (C=O) groups is 1. The SMILES string of the molecule is Cc1cc(CC(=O)N2CCCC3(CCc4cnc(N)nc43)C2)on1. The van der Waals surface area contributed by atoms with Crippen LogP contribution in [0.1, 0.15) is 42.0 Å². The minimum absolute atomic E-state index is 0.0718. The highest BCUT2D eigenvalue weighted by atomic mass is 16.5. The number of rotatable bonds is 2. The fraction of sp³-hybridized carbons (Fsp3) is 0.529. The summed E-state index contributed by atoms with van der Waals surface area (Å²) in [6.45, 7) is 3.33. The molecule has 0 saturated carbocycles. The van der Waals surface area contributed by atoms with Crippen molar-refractivity contribution in [1.29, 1.82) is 0 Å². The third kappa shape index (κ3) is 2.53. The maximum atomic E-state index is 12.7. The lowest BCUT2D eigenvalue weighted by molar-refractivity contribution is -0.133. The number of hydrogen-bond donors (Lipinski definition) is 1. The monoisotopic (exact) mass is 327 g/mol. The van der Waals surface area contributed by atoms with Gasteiger partial charge in [-0.25, -0.2) is 9.97 Å². The molecule has 1 aliphatic heterocycles. The van der Waals surface area contributed by atoms with E-state index < -0.39 is 0 Å². The van der Waals surface area contributed by atoms with Gasteiger partial charge in [-0.3, -0.25) is 4.79 Å². The molecular formula is C17H21N5O2. The molecule has 1 atom stereocenters. The predicted molar refractivity (Wildman–Crippen MR) is 87.2 cm³/mol. The predicted octanol–water partition coefficient (Wildman–Crippen LogP) is 1.40. The fourth-order valence-electron chi connectivity index (χ4n) is 4.06. The number of piperidine rings is 1. The summed E-state index contributed by atoms with van der Waals surface area (Å²) in [7, 11) is 0. The Labute approximate surface area is 140 Å². The average Bonchev–Trinajstić information content (AvgIpc) is 3.12. The Morgan fingerprint density at radius 2 is 2.33 bits per heavy atom. The molecule has 1 aliphatic carbocycles. The molecule has 24 heavy (non-hydrogen) atoms. The number of likely N-dealkylation sites (tertiary alicyclic amines) is 1. The number of anilines is 1. The molecule has 2 aromatic heterocycles. The maximum absolute atomic E-state index is 12.7. The zero-order chi connectivity index (χ0) is 16.7. The first-order chi connectivity index (χ1) is 11.6. The van der Waals surface area contributed by atoms with E-state index in [0.717, 1.165) is 43.6 Å². The largest absolute Gasteiger partial charge is 0.368 e. The van der Waals surface area contributed by atoms with Crippen molar-refractivity contribution in [3.8, 4) is 0 Å². The molecule has 0 aromatic carbocycles. The van der Waals surface area contributed by atoms with E-state index in [4.69, 9.17) is 10.3 Å². The standard InChI is InChI=1S/C17H21N5O2/c1-11-7-13(24-21-11)8-14(23)22-6-2-4-17(10-22)5-3-12-9-19-16(18)20-15(12)17/h7,9H,2-6,8,10H2,1H3,(H2,18,19,20). The fourth-order valence-corrected chi connectivity index (χ4v) is 4.06. The summed E-state index contributed by atoms with van der Waals surface area (Å²) in [6, 6.07) is 1.82. The summed E-state index contributed by atoms with van der Waals surface area (Å²) >= 11 is 0. The van der Waals surface area contributed by atoms with Crippen LogP contribution in [-0.4, -0.2) is 39.0 Å². The second-order valence-electron chi connectivity index (χ2n) is 6.91. The summed E-state index contributed by atoms with van der Waals surface area (Å²) < 4.78 is 5.18. The number of aryl methyl sites for hydroxylation is 2. The lowest BCUT2D eigenvalue weighted by Crippen LogP contribution is -2.48. The first-order valence-electron chi connectivity index (χ1n) is 8.38. The van der Waals surface area contributed by atoms with E-state index >= 15 is 0 Å². The van der Waals surface area contributed by atoms with Gasteiger partial charge < -0.3 is 15.2 Å². The Bertz CT molecular complexity index is 783. The van der Waals surface area contributed by atoms with E-state index in [1.54, 1.807) is 0 Å². The van der Waals surface area contributed by atoms with Gasteiger partial charge in [-0.2, -0.15) is 0 Å². The Hall–Kier alpha value is -2.44. The molecular weight excluding hydrogens is 306 g/mol. The zero-order valence-corrected chi connectivity index (χ0v) is 13.8. The molecule has 2 N–H and O–H groups in total. The van der Waals surface area contributed by atoms with Gasteiger partial charge in [0.2, 0.25) is 11.9 Å². The normalized spacial score (nSPS) is 22.8. The number of carbonyl (C=O) groups excluding carboxylic acids is 1. The van der Waals surface area contributed by atoms with Crippen LogP contribution in [0.4, 0.5) is 5.95 Å². The number of nitrogens with two attached hydrogens (primary N) is 1. The number of amides is 1. The van der Waals surface area contributed by atoms with E-state index in [-0.39, 0.29) is 17.7 Å². The molecule has 1 saturated heterocycles. The van der Waals surface area contributed by atoms with Gasteiger partial charge in [0, 0.05) is 30.8 Å². The van der Waals surface area contributed by atoms with Crippen LogP contribution in [0.2, 0.25) is 0 Å². The molecule has 7 heteroatoms.